The number of aromatic nitrogens is 1. The zero-order chi connectivity index (χ0) is 15.0. The minimum Gasteiger partial charge on any atom is -0.396 e. The summed E-state index contributed by atoms with van der Waals surface area (Å²) in [7, 11) is 1.53. The van der Waals surface area contributed by atoms with Gasteiger partial charge in [0.2, 0.25) is 0 Å². The van der Waals surface area contributed by atoms with E-state index in [0.717, 1.165) is 37.8 Å². The molecule has 0 fully saturated rings. The van der Waals surface area contributed by atoms with E-state index in [9.17, 15) is 13.2 Å². The van der Waals surface area contributed by atoms with Crippen molar-refractivity contribution in [2.24, 2.45) is 0 Å². The molecule has 1 rings (SSSR count). The van der Waals surface area contributed by atoms with Crippen LogP contribution in [0.4, 0.5) is 24.8 Å². The lowest BCUT2D eigenvalue weighted by Crippen LogP contribution is -2.10. The number of halogens is 3. The van der Waals surface area contributed by atoms with Crippen molar-refractivity contribution < 1.29 is 18.3 Å². The molecule has 0 atom stereocenters. The molecule has 4 nitrogen and oxygen atoms in total. The highest BCUT2D eigenvalue weighted by atomic mass is 19.4. The molecule has 20 heavy (non-hydrogen) atoms. The van der Waals surface area contributed by atoms with Gasteiger partial charge >= 0.3 is 6.18 Å². The molecule has 0 bridgehead atoms. The number of pyridine rings is 1. The molecule has 0 aromatic carbocycles. The zero-order valence-electron chi connectivity index (χ0n) is 11.4. The van der Waals surface area contributed by atoms with Crippen LogP contribution in [0.25, 0.3) is 0 Å². The van der Waals surface area contributed by atoms with Crippen molar-refractivity contribution in [3.8, 4) is 0 Å². The van der Waals surface area contributed by atoms with Gasteiger partial charge in [-0.2, -0.15) is 13.2 Å². The minimum absolute atomic E-state index is 0.175. The number of hydrogen-bond acceptors (Lipinski definition) is 4. The van der Waals surface area contributed by atoms with Gasteiger partial charge in [0, 0.05) is 20.2 Å². The largest absolute Gasteiger partial charge is 0.416 e. The predicted octanol–water partition coefficient (Wildman–Crippen LogP) is 3.11. The summed E-state index contributed by atoms with van der Waals surface area (Å²) in [6, 6.07) is 1.99. The van der Waals surface area contributed by atoms with Gasteiger partial charge in [0.1, 0.15) is 11.6 Å². The number of nitrogens with one attached hydrogen (secondary N) is 2. The molecule has 7 heteroatoms. The van der Waals surface area contributed by atoms with Gasteiger partial charge < -0.3 is 15.7 Å². The third-order valence-corrected chi connectivity index (χ3v) is 2.80. The monoisotopic (exact) mass is 291 g/mol. The van der Waals surface area contributed by atoms with E-state index in [1.807, 2.05) is 0 Å². The van der Waals surface area contributed by atoms with Gasteiger partial charge in [0.25, 0.3) is 0 Å². The van der Waals surface area contributed by atoms with Gasteiger partial charge in [-0.1, -0.05) is 12.8 Å². The number of aliphatic hydroxyl groups is 1. The molecule has 0 aliphatic rings. The van der Waals surface area contributed by atoms with Crippen LogP contribution in [0.1, 0.15) is 31.2 Å². The lowest BCUT2D eigenvalue weighted by Gasteiger charge is -2.12. The van der Waals surface area contributed by atoms with Crippen molar-refractivity contribution in [2.75, 3.05) is 30.8 Å². The zero-order valence-corrected chi connectivity index (χ0v) is 11.4. The van der Waals surface area contributed by atoms with E-state index in [1.54, 1.807) is 0 Å². The predicted molar refractivity (Wildman–Crippen MR) is 72.8 cm³/mol. The number of hydrogen-bond donors (Lipinski definition) is 3. The number of nitrogens with zero attached hydrogens (tertiary/aromatic N) is 1. The normalized spacial score (nSPS) is 11.4. The van der Waals surface area contributed by atoms with E-state index in [0.29, 0.717) is 6.54 Å². The molecule has 0 spiro atoms. The van der Waals surface area contributed by atoms with Gasteiger partial charge in [0.15, 0.2) is 0 Å². The molecule has 0 aliphatic carbocycles. The van der Waals surface area contributed by atoms with Gasteiger partial charge in [-0.15, -0.1) is 0 Å². The second kappa shape index (κ2) is 7.94. The number of unbranched alkanes of at least 4 members (excludes halogenated alkanes) is 3. The van der Waals surface area contributed by atoms with Gasteiger partial charge in [-0.3, -0.25) is 0 Å². The molecule has 0 radical (unpaired) electrons. The van der Waals surface area contributed by atoms with Crippen molar-refractivity contribution in [1.82, 2.24) is 4.98 Å². The number of aliphatic hydroxyl groups excluding tert-OH is 1. The Bertz CT molecular complexity index is 410. The summed E-state index contributed by atoms with van der Waals surface area (Å²) in [5.41, 5.74) is -0.723. The van der Waals surface area contributed by atoms with Crippen molar-refractivity contribution in [2.45, 2.75) is 31.9 Å². The number of alkyl halides is 3. The average Bonchev–Trinajstić information content (AvgIpc) is 2.41. The summed E-state index contributed by atoms with van der Waals surface area (Å²) >= 11 is 0. The van der Waals surface area contributed by atoms with Crippen LogP contribution in [0.3, 0.4) is 0 Å². The molecule has 1 aromatic rings. The summed E-state index contributed by atoms with van der Waals surface area (Å²) in [4.78, 5) is 4.04. The standard InChI is InChI=1S/C13H20F3N3O/c1-17-11-8-10(13(14,15)16)9-12(19-11)18-6-4-2-3-5-7-20/h8-9,20H,2-7H2,1H3,(H2,17,18,19). The molecule has 0 amide bonds. The van der Waals surface area contributed by atoms with Gasteiger partial charge in [-0.05, 0) is 25.0 Å². The molecule has 1 aromatic heterocycles. The Hall–Kier alpha value is -1.50. The molecule has 1 heterocycles. The third kappa shape index (κ3) is 5.64. The maximum Gasteiger partial charge on any atom is 0.416 e. The lowest BCUT2D eigenvalue weighted by atomic mass is 10.2. The van der Waals surface area contributed by atoms with Crippen LogP contribution in [0.15, 0.2) is 12.1 Å². The smallest absolute Gasteiger partial charge is 0.396 e. The third-order valence-electron chi connectivity index (χ3n) is 2.80. The van der Waals surface area contributed by atoms with Crippen LogP contribution in [0.2, 0.25) is 0 Å². The highest BCUT2D eigenvalue weighted by Gasteiger charge is 2.31. The second-order valence-corrected chi connectivity index (χ2v) is 4.44. The number of rotatable bonds is 8. The molecule has 0 saturated carbocycles. The first-order chi connectivity index (χ1) is 9.47. The summed E-state index contributed by atoms with van der Waals surface area (Å²) in [5, 5.41) is 14.1. The highest BCUT2D eigenvalue weighted by Crippen LogP contribution is 2.31. The van der Waals surface area contributed by atoms with Gasteiger partial charge in [0.05, 0.1) is 5.56 Å². The van der Waals surface area contributed by atoms with Crippen LogP contribution >= 0.6 is 0 Å². The molecule has 0 aliphatic heterocycles. The van der Waals surface area contributed by atoms with Crippen molar-refractivity contribution >= 4 is 11.6 Å². The molecular formula is C13H20F3N3O. The fourth-order valence-corrected chi connectivity index (χ4v) is 1.72. The van der Waals surface area contributed by atoms with E-state index in [-0.39, 0.29) is 18.2 Å². The minimum atomic E-state index is -4.38. The fraction of sp³-hybridized carbons (Fsp3) is 0.615. The van der Waals surface area contributed by atoms with E-state index >= 15 is 0 Å². The first kappa shape index (κ1) is 16.6. The van der Waals surface area contributed by atoms with Crippen molar-refractivity contribution in [1.29, 1.82) is 0 Å². The number of anilines is 2. The van der Waals surface area contributed by atoms with Crippen LogP contribution in [0.5, 0.6) is 0 Å². The maximum atomic E-state index is 12.7. The van der Waals surface area contributed by atoms with E-state index < -0.39 is 11.7 Å². The summed E-state index contributed by atoms with van der Waals surface area (Å²) in [5.74, 6) is 0.397. The maximum absolute atomic E-state index is 12.7. The first-order valence-electron chi connectivity index (χ1n) is 6.59. The average molecular weight is 291 g/mol. The van der Waals surface area contributed by atoms with Crippen LogP contribution in [-0.2, 0) is 6.18 Å². The summed E-state index contributed by atoms with van der Waals surface area (Å²) in [6.07, 6.45) is -0.966. The molecule has 0 unspecified atom stereocenters. The van der Waals surface area contributed by atoms with E-state index in [1.165, 1.54) is 7.05 Å². The summed E-state index contributed by atoms with van der Waals surface area (Å²) < 4.78 is 38.1. The summed E-state index contributed by atoms with van der Waals surface area (Å²) in [6.45, 7) is 0.733. The van der Waals surface area contributed by atoms with Crippen molar-refractivity contribution in [3.63, 3.8) is 0 Å². The SMILES string of the molecule is CNc1cc(C(F)(F)F)cc(NCCCCCCO)n1. The fourth-order valence-electron chi connectivity index (χ4n) is 1.72. The lowest BCUT2D eigenvalue weighted by molar-refractivity contribution is -0.137. The second-order valence-electron chi connectivity index (χ2n) is 4.44. The topological polar surface area (TPSA) is 57.2 Å². The first-order valence-corrected chi connectivity index (χ1v) is 6.59. The highest BCUT2D eigenvalue weighted by molar-refractivity contribution is 5.49. The van der Waals surface area contributed by atoms with Crippen LogP contribution in [-0.4, -0.2) is 30.3 Å². The molecule has 114 valence electrons. The Morgan fingerprint density at radius 1 is 1.10 bits per heavy atom. The Kier molecular flexibility index (Phi) is 6.57. The Labute approximate surface area is 116 Å². The molecular weight excluding hydrogens is 271 g/mol. The van der Waals surface area contributed by atoms with Gasteiger partial charge in [-0.25, -0.2) is 4.98 Å². The molecule has 3 N–H and O–H groups in total. The van der Waals surface area contributed by atoms with E-state index in [4.69, 9.17) is 5.11 Å². The Morgan fingerprint density at radius 3 is 2.35 bits per heavy atom. The van der Waals surface area contributed by atoms with Crippen LogP contribution in [0, 0.1) is 0 Å². The van der Waals surface area contributed by atoms with E-state index in [2.05, 4.69) is 15.6 Å². The quantitative estimate of drug-likeness (QED) is 0.644. The Balaban J connectivity index is 2.56. The Morgan fingerprint density at radius 2 is 1.75 bits per heavy atom. The van der Waals surface area contributed by atoms with Crippen LogP contribution < -0.4 is 10.6 Å². The van der Waals surface area contributed by atoms with Crippen molar-refractivity contribution in [3.05, 3.63) is 17.7 Å². The molecule has 0 saturated heterocycles.